The molecule has 0 N–H and O–H groups in total. The summed E-state index contributed by atoms with van der Waals surface area (Å²) in [6, 6.07) is 11.8. The molecule has 0 amide bonds. The number of nitrogens with zero attached hydrogens (tertiary/aromatic N) is 3. The van der Waals surface area contributed by atoms with Crippen molar-refractivity contribution in [1.82, 2.24) is 0 Å². The number of benzene rings is 2. The summed E-state index contributed by atoms with van der Waals surface area (Å²) >= 11 is 0. The lowest BCUT2D eigenvalue weighted by Crippen LogP contribution is -1.92. The second kappa shape index (κ2) is 4.55. The summed E-state index contributed by atoms with van der Waals surface area (Å²) < 4.78 is 5.27. The third kappa shape index (κ3) is 1.78. The second-order valence-corrected chi connectivity index (χ2v) is 3.36. The predicted octanol–water partition coefficient (Wildman–Crippen LogP) is 3.66. The first-order valence-electron chi connectivity index (χ1n) is 4.92. The van der Waals surface area contributed by atoms with Gasteiger partial charge in [0.1, 0.15) is 5.75 Å². The van der Waals surface area contributed by atoms with E-state index in [1.165, 1.54) is 0 Å². The van der Waals surface area contributed by atoms with Crippen molar-refractivity contribution >= 4 is 10.8 Å². The Morgan fingerprint density at radius 3 is 2.81 bits per heavy atom. The van der Waals surface area contributed by atoms with Crippen LogP contribution in [0.5, 0.6) is 5.75 Å². The zero-order valence-corrected chi connectivity index (χ0v) is 8.92. The van der Waals surface area contributed by atoms with Gasteiger partial charge in [-0.05, 0) is 22.4 Å². The Bertz CT molecular complexity index is 559. The normalized spacial score (nSPS) is 9.81. The van der Waals surface area contributed by atoms with Crippen LogP contribution < -0.4 is 4.74 Å². The Hall–Kier alpha value is -2.19. The van der Waals surface area contributed by atoms with Crippen molar-refractivity contribution in [3.05, 3.63) is 52.4 Å². The third-order valence-electron chi connectivity index (χ3n) is 2.51. The van der Waals surface area contributed by atoms with Gasteiger partial charge in [-0.3, -0.25) is 0 Å². The van der Waals surface area contributed by atoms with Crippen molar-refractivity contribution in [1.29, 1.82) is 0 Å². The van der Waals surface area contributed by atoms with Crippen molar-refractivity contribution in [2.45, 2.75) is 6.54 Å². The van der Waals surface area contributed by atoms with Gasteiger partial charge in [-0.2, -0.15) is 0 Å². The number of hydrogen-bond acceptors (Lipinski definition) is 2. The van der Waals surface area contributed by atoms with E-state index < -0.39 is 0 Å². The molecule has 0 radical (unpaired) electrons. The summed E-state index contributed by atoms with van der Waals surface area (Å²) in [4.78, 5) is 2.78. The first-order valence-corrected chi connectivity index (χ1v) is 4.92. The molecule has 0 aliphatic rings. The molecule has 2 aromatic carbocycles. The van der Waals surface area contributed by atoms with Gasteiger partial charge < -0.3 is 4.74 Å². The molecular formula is C12H11N3O. The van der Waals surface area contributed by atoms with Crippen molar-refractivity contribution in [3.63, 3.8) is 0 Å². The number of ether oxygens (including phenoxy) is 1. The first-order chi connectivity index (χ1) is 7.86. The van der Waals surface area contributed by atoms with Crippen LogP contribution in [0.4, 0.5) is 0 Å². The topological polar surface area (TPSA) is 58.0 Å². The molecule has 0 spiro atoms. The van der Waals surface area contributed by atoms with Crippen LogP contribution in [-0.2, 0) is 6.54 Å². The molecule has 0 saturated carbocycles. The van der Waals surface area contributed by atoms with Gasteiger partial charge in [0.05, 0.1) is 13.7 Å². The highest BCUT2D eigenvalue weighted by atomic mass is 16.5. The first kappa shape index (κ1) is 10.3. The number of rotatable bonds is 3. The summed E-state index contributed by atoms with van der Waals surface area (Å²) in [5, 5.41) is 5.78. The monoisotopic (exact) mass is 213 g/mol. The molecule has 0 saturated heterocycles. The zero-order chi connectivity index (χ0) is 11.4. The highest BCUT2D eigenvalue weighted by molar-refractivity contribution is 5.87. The van der Waals surface area contributed by atoms with E-state index in [0.717, 1.165) is 22.1 Å². The fraction of sp³-hybridized carbons (Fsp3) is 0.167. The molecular weight excluding hydrogens is 202 g/mol. The molecule has 4 nitrogen and oxygen atoms in total. The highest BCUT2D eigenvalue weighted by Crippen LogP contribution is 2.28. The molecule has 0 fully saturated rings. The second-order valence-electron chi connectivity index (χ2n) is 3.36. The molecule has 80 valence electrons. The van der Waals surface area contributed by atoms with Crippen LogP contribution in [0.25, 0.3) is 21.2 Å². The van der Waals surface area contributed by atoms with Crippen LogP contribution in [0.1, 0.15) is 5.56 Å². The van der Waals surface area contributed by atoms with Gasteiger partial charge in [-0.1, -0.05) is 35.4 Å². The Labute approximate surface area is 93.1 Å². The average Bonchev–Trinajstić information content (AvgIpc) is 2.35. The van der Waals surface area contributed by atoms with Gasteiger partial charge in [0.25, 0.3) is 0 Å². The van der Waals surface area contributed by atoms with Crippen LogP contribution in [0.3, 0.4) is 0 Å². The zero-order valence-electron chi connectivity index (χ0n) is 8.92. The van der Waals surface area contributed by atoms with Crippen molar-refractivity contribution in [2.24, 2.45) is 5.11 Å². The Morgan fingerprint density at radius 1 is 1.25 bits per heavy atom. The van der Waals surface area contributed by atoms with E-state index in [1.807, 2.05) is 36.4 Å². The number of methoxy groups -OCH3 is 1. The van der Waals surface area contributed by atoms with E-state index in [0.29, 0.717) is 6.54 Å². The van der Waals surface area contributed by atoms with Gasteiger partial charge in [-0.25, -0.2) is 0 Å². The van der Waals surface area contributed by atoms with Crippen molar-refractivity contribution in [2.75, 3.05) is 7.11 Å². The molecule has 2 aromatic rings. The fourth-order valence-corrected chi connectivity index (χ4v) is 1.77. The molecule has 0 heterocycles. The molecule has 0 aliphatic carbocycles. The largest absolute Gasteiger partial charge is 0.496 e. The van der Waals surface area contributed by atoms with Gasteiger partial charge in [0, 0.05) is 10.5 Å². The average molecular weight is 213 g/mol. The van der Waals surface area contributed by atoms with Crippen LogP contribution >= 0.6 is 0 Å². The van der Waals surface area contributed by atoms with E-state index in [2.05, 4.69) is 10.0 Å². The maximum atomic E-state index is 8.38. The quantitative estimate of drug-likeness (QED) is 0.436. The Kier molecular flexibility index (Phi) is 2.94. The minimum Gasteiger partial charge on any atom is -0.496 e. The van der Waals surface area contributed by atoms with E-state index in [9.17, 15) is 0 Å². The SMILES string of the molecule is COc1ccc2ccccc2c1CN=[N+]=[N-]. The molecule has 0 bridgehead atoms. The van der Waals surface area contributed by atoms with Gasteiger partial charge >= 0.3 is 0 Å². The fourth-order valence-electron chi connectivity index (χ4n) is 1.77. The van der Waals surface area contributed by atoms with Crippen LogP contribution in [0.2, 0.25) is 0 Å². The number of azide groups is 1. The van der Waals surface area contributed by atoms with Crippen LogP contribution in [0.15, 0.2) is 41.5 Å². The lowest BCUT2D eigenvalue weighted by Gasteiger charge is -2.09. The molecule has 2 rings (SSSR count). The molecule has 0 aromatic heterocycles. The third-order valence-corrected chi connectivity index (χ3v) is 2.51. The number of hydrogen-bond donors (Lipinski definition) is 0. The maximum Gasteiger partial charge on any atom is 0.122 e. The lowest BCUT2D eigenvalue weighted by atomic mass is 10.0. The van der Waals surface area contributed by atoms with E-state index >= 15 is 0 Å². The van der Waals surface area contributed by atoms with E-state index in [4.69, 9.17) is 10.3 Å². The summed E-state index contributed by atoms with van der Waals surface area (Å²) in [7, 11) is 1.61. The van der Waals surface area contributed by atoms with Crippen LogP contribution in [-0.4, -0.2) is 7.11 Å². The lowest BCUT2D eigenvalue weighted by molar-refractivity contribution is 0.410. The van der Waals surface area contributed by atoms with Crippen molar-refractivity contribution in [3.8, 4) is 5.75 Å². The summed E-state index contributed by atoms with van der Waals surface area (Å²) in [6.45, 7) is 0.307. The Morgan fingerprint density at radius 2 is 2.06 bits per heavy atom. The maximum absolute atomic E-state index is 8.38. The molecule has 0 aliphatic heterocycles. The van der Waals surface area contributed by atoms with E-state index in [-0.39, 0.29) is 0 Å². The van der Waals surface area contributed by atoms with Gasteiger partial charge in [0.15, 0.2) is 0 Å². The van der Waals surface area contributed by atoms with Gasteiger partial charge in [-0.15, -0.1) is 0 Å². The van der Waals surface area contributed by atoms with E-state index in [1.54, 1.807) is 7.11 Å². The summed E-state index contributed by atoms with van der Waals surface area (Å²) in [5.74, 6) is 0.756. The summed E-state index contributed by atoms with van der Waals surface area (Å²) in [5.41, 5.74) is 9.31. The van der Waals surface area contributed by atoms with Gasteiger partial charge in [0.2, 0.25) is 0 Å². The molecule has 0 atom stereocenters. The highest BCUT2D eigenvalue weighted by Gasteiger charge is 2.06. The minimum absolute atomic E-state index is 0.307. The minimum atomic E-state index is 0.307. The van der Waals surface area contributed by atoms with Crippen molar-refractivity contribution < 1.29 is 4.74 Å². The van der Waals surface area contributed by atoms with Crippen LogP contribution in [0, 0.1) is 0 Å². The molecule has 4 heteroatoms. The standard InChI is InChI=1S/C12H11N3O/c1-16-12-7-6-9-4-2-3-5-10(9)11(12)8-14-15-13/h2-7H,8H2,1H3. The predicted molar refractivity (Wildman–Crippen MR) is 63.4 cm³/mol. The molecule has 16 heavy (non-hydrogen) atoms. The smallest absolute Gasteiger partial charge is 0.122 e. The number of fused-ring (bicyclic) bond motifs is 1. The molecule has 0 unspecified atom stereocenters. The Balaban J connectivity index is 2.67. The summed E-state index contributed by atoms with van der Waals surface area (Å²) in [6.07, 6.45) is 0.